The molecule has 164 valence electrons. The Balaban J connectivity index is 1.83. The molecule has 0 bridgehead atoms. The van der Waals surface area contributed by atoms with Crippen LogP contribution in [0.2, 0.25) is 0 Å². The van der Waals surface area contributed by atoms with Crippen LogP contribution in [0.15, 0.2) is 18.2 Å². The number of aromatic amines is 1. The molecule has 1 aromatic carbocycles. The molecule has 0 radical (unpaired) electrons. The second kappa shape index (κ2) is 9.15. The number of nitrogens with one attached hydrogen (secondary N) is 2. The molecule has 1 aliphatic heterocycles. The van der Waals surface area contributed by atoms with Gasteiger partial charge in [0.2, 0.25) is 0 Å². The summed E-state index contributed by atoms with van der Waals surface area (Å²) in [6.07, 6.45) is 1.81. The fourth-order valence-corrected chi connectivity index (χ4v) is 4.30. The van der Waals surface area contributed by atoms with E-state index in [-0.39, 0.29) is 5.91 Å². The van der Waals surface area contributed by atoms with E-state index in [0.29, 0.717) is 41.5 Å². The van der Waals surface area contributed by atoms with Crippen LogP contribution in [0.3, 0.4) is 0 Å². The number of amides is 1. The van der Waals surface area contributed by atoms with Gasteiger partial charge >= 0.3 is 0 Å². The van der Waals surface area contributed by atoms with Crippen LogP contribution >= 0.6 is 12.2 Å². The maximum atomic E-state index is 13.1. The normalized spacial score (nSPS) is 14.2. The summed E-state index contributed by atoms with van der Waals surface area (Å²) in [5.41, 5.74) is 4.00. The second-order valence-electron chi connectivity index (χ2n) is 7.62. The summed E-state index contributed by atoms with van der Waals surface area (Å²) in [4.78, 5) is 23.0. The van der Waals surface area contributed by atoms with Crippen molar-refractivity contribution >= 4 is 29.2 Å². The highest BCUT2D eigenvalue weighted by Crippen LogP contribution is 2.31. The molecule has 0 atom stereocenters. The lowest BCUT2D eigenvalue weighted by Gasteiger charge is -2.27. The highest BCUT2D eigenvalue weighted by Gasteiger charge is 2.21. The number of nitrogens with zero attached hydrogens (tertiary/aromatic N) is 4. The Kier molecular flexibility index (Phi) is 6.33. The van der Waals surface area contributed by atoms with E-state index in [0.717, 1.165) is 48.2 Å². The zero-order valence-electron chi connectivity index (χ0n) is 18.2. The fourth-order valence-electron chi connectivity index (χ4n) is 3.98. The standard InChI is InChI=1S/C22H28N6O2S/c1-4-6-16-18-19(27(3)26-16)21(31)25-20(24-18)15-13-14(7-8-17(15)30-5-2)22(29)28-11-9-23-10-12-28/h7-8,13,23H,4-6,9-12H2,1-3H3,(H,24,25,31). The first-order valence-corrected chi connectivity index (χ1v) is 11.2. The number of aromatic nitrogens is 4. The third kappa shape index (κ3) is 4.20. The molecule has 8 nitrogen and oxygen atoms in total. The minimum Gasteiger partial charge on any atom is -0.493 e. The van der Waals surface area contributed by atoms with Crippen LogP contribution in [0.1, 0.15) is 36.3 Å². The zero-order chi connectivity index (χ0) is 22.0. The van der Waals surface area contributed by atoms with E-state index < -0.39 is 0 Å². The molecule has 0 aliphatic carbocycles. The van der Waals surface area contributed by atoms with Gasteiger partial charge in [0.1, 0.15) is 17.1 Å². The Bertz CT molecular complexity index is 1160. The molecule has 1 aliphatic rings. The summed E-state index contributed by atoms with van der Waals surface area (Å²) in [6, 6.07) is 5.51. The summed E-state index contributed by atoms with van der Waals surface area (Å²) < 4.78 is 8.11. The highest BCUT2D eigenvalue weighted by molar-refractivity contribution is 7.71. The molecular formula is C22H28N6O2S. The molecular weight excluding hydrogens is 412 g/mol. The van der Waals surface area contributed by atoms with Gasteiger partial charge < -0.3 is 19.9 Å². The lowest BCUT2D eigenvalue weighted by atomic mass is 10.1. The van der Waals surface area contributed by atoms with E-state index in [1.807, 2.05) is 37.1 Å². The van der Waals surface area contributed by atoms with Gasteiger partial charge in [-0.2, -0.15) is 5.10 Å². The smallest absolute Gasteiger partial charge is 0.253 e. The molecule has 0 unspecified atom stereocenters. The topological polar surface area (TPSA) is 88.1 Å². The summed E-state index contributed by atoms with van der Waals surface area (Å²) in [5, 5.41) is 7.90. The van der Waals surface area contributed by atoms with Crippen LogP contribution in [0.4, 0.5) is 0 Å². The first-order chi connectivity index (χ1) is 15.0. The molecule has 2 N–H and O–H groups in total. The van der Waals surface area contributed by atoms with Crippen molar-refractivity contribution in [3.05, 3.63) is 34.1 Å². The van der Waals surface area contributed by atoms with Crippen LogP contribution in [-0.2, 0) is 13.5 Å². The van der Waals surface area contributed by atoms with Crippen LogP contribution in [-0.4, -0.2) is 63.3 Å². The van der Waals surface area contributed by atoms with Gasteiger partial charge in [-0.3, -0.25) is 9.48 Å². The Labute approximate surface area is 186 Å². The average Bonchev–Trinajstić information content (AvgIpc) is 3.10. The number of hydrogen-bond acceptors (Lipinski definition) is 6. The third-order valence-electron chi connectivity index (χ3n) is 5.45. The summed E-state index contributed by atoms with van der Waals surface area (Å²) >= 11 is 5.61. The van der Waals surface area contributed by atoms with E-state index >= 15 is 0 Å². The Morgan fingerprint density at radius 1 is 1.26 bits per heavy atom. The minimum absolute atomic E-state index is 0.0125. The summed E-state index contributed by atoms with van der Waals surface area (Å²) in [7, 11) is 1.88. The van der Waals surface area contributed by atoms with Crippen LogP contribution < -0.4 is 10.1 Å². The van der Waals surface area contributed by atoms with Gasteiger partial charge in [0, 0.05) is 38.8 Å². The number of carbonyl (C=O) groups is 1. The Hall–Kier alpha value is -2.78. The minimum atomic E-state index is 0.0125. The van der Waals surface area contributed by atoms with E-state index in [9.17, 15) is 4.79 Å². The molecule has 31 heavy (non-hydrogen) atoms. The lowest BCUT2D eigenvalue weighted by molar-refractivity contribution is 0.0736. The Morgan fingerprint density at radius 2 is 2.03 bits per heavy atom. The molecule has 3 aromatic rings. The molecule has 1 amide bonds. The first-order valence-electron chi connectivity index (χ1n) is 10.8. The number of piperazine rings is 1. The van der Waals surface area contributed by atoms with Gasteiger partial charge in [-0.05, 0) is 31.5 Å². The van der Waals surface area contributed by atoms with Crippen LogP contribution in [0, 0.1) is 4.64 Å². The first kappa shape index (κ1) is 21.5. The number of benzene rings is 1. The van der Waals surface area contributed by atoms with E-state index in [4.69, 9.17) is 17.0 Å². The third-order valence-corrected chi connectivity index (χ3v) is 5.74. The number of H-pyrrole nitrogens is 1. The zero-order valence-corrected chi connectivity index (χ0v) is 19.0. The van der Waals surface area contributed by atoms with E-state index in [1.165, 1.54) is 0 Å². The molecule has 2 aromatic heterocycles. The quantitative estimate of drug-likeness (QED) is 0.573. The van der Waals surface area contributed by atoms with Crippen molar-refractivity contribution in [3.63, 3.8) is 0 Å². The lowest BCUT2D eigenvalue weighted by Crippen LogP contribution is -2.46. The number of fused-ring (bicyclic) bond motifs is 1. The van der Waals surface area contributed by atoms with Crippen LogP contribution in [0.5, 0.6) is 5.75 Å². The van der Waals surface area contributed by atoms with Crippen molar-refractivity contribution in [2.24, 2.45) is 7.05 Å². The van der Waals surface area contributed by atoms with E-state index in [2.05, 4.69) is 27.3 Å². The molecule has 4 rings (SSSR count). The second-order valence-corrected chi connectivity index (χ2v) is 8.01. The fraction of sp³-hybridized carbons (Fsp3) is 0.455. The highest BCUT2D eigenvalue weighted by atomic mass is 32.1. The number of aryl methyl sites for hydroxylation is 2. The Morgan fingerprint density at radius 3 is 2.74 bits per heavy atom. The summed E-state index contributed by atoms with van der Waals surface area (Å²) in [5.74, 6) is 1.26. The number of ether oxygens (including phenoxy) is 1. The summed E-state index contributed by atoms with van der Waals surface area (Å²) in [6.45, 7) is 7.58. The van der Waals surface area contributed by atoms with Gasteiger partial charge in [0.25, 0.3) is 5.91 Å². The molecule has 9 heteroatoms. The average molecular weight is 441 g/mol. The van der Waals surface area contributed by atoms with Crippen molar-refractivity contribution < 1.29 is 9.53 Å². The van der Waals surface area contributed by atoms with Gasteiger partial charge in [-0.25, -0.2) is 4.98 Å². The SMILES string of the molecule is CCCc1nn(C)c2c(=S)nc(-c3cc(C(=O)N4CCNCC4)ccc3OCC)[nH]c12. The predicted octanol–water partition coefficient (Wildman–Crippen LogP) is 3.09. The molecule has 3 heterocycles. The van der Waals surface area contributed by atoms with Gasteiger partial charge in [0.05, 0.1) is 23.4 Å². The van der Waals surface area contributed by atoms with Gasteiger partial charge in [-0.15, -0.1) is 0 Å². The van der Waals surface area contributed by atoms with Crippen molar-refractivity contribution in [1.29, 1.82) is 0 Å². The number of rotatable bonds is 6. The van der Waals surface area contributed by atoms with Crippen molar-refractivity contribution in [3.8, 4) is 17.1 Å². The predicted molar refractivity (Wildman–Crippen MR) is 123 cm³/mol. The van der Waals surface area contributed by atoms with Crippen molar-refractivity contribution in [2.45, 2.75) is 26.7 Å². The van der Waals surface area contributed by atoms with Crippen molar-refractivity contribution in [2.75, 3.05) is 32.8 Å². The van der Waals surface area contributed by atoms with Gasteiger partial charge in [0.15, 0.2) is 4.64 Å². The maximum absolute atomic E-state index is 13.1. The van der Waals surface area contributed by atoms with E-state index in [1.54, 1.807) is 4.68 Å². The maximum Gasteiger partial charge on any atom is 0.253 e. The molecule has 1 saturated heterocycles. The molecule has 1 fully saturated rings. The largest absolute Gasteiger partial charge is 0.493 e. The van der Waals surface area contributed by atoms with Crippen molar-refractivity contribution in [1.82, 2.24) is 30.0 Å². The molecule has 0 saturated carbocycles. The van der Waals surface area contributed by atoms with Gasteiger partial charge in [-0.1, -0.05) is 25.6 Å². The molecule has 0 spiro atoms. The number of carbonyl (C=O) groups excluding carboxylic acids is 1. The number of hydrogen-bond donors (Lipinski definition) is 2. The van der Waals surface area contributed by atoms with Crippen LogP contribution in [0.25, 0.3) is 22.4 Å². The monoisotopic (exact) mass is 440 g/mol.